The standard InChI is InChI=1S/C28H24N8/c1-16(2)17(3)32-20-12-19(14-30-15-20)22-4-5-24-27(34-22)28(36-35-24)25-13-21-23(33-25)8-11-31-26(21)18-6-9-29-10-7-18/h4-16,32-33H,3H2,1-2H3,(H,35,36). The molecule has 0 saturated carbocycles. The Labute approximate surface area is 207 Å². The van der Waals surface area contributed by atoms with Gasteiger partial charge in [0, 0.05) is 52.5 Å². The van der Waals surface area contributed by atoms with Gasteiger partial charge in [-0.1, -0.05) is 20.4 Å². The predicted molar refractivity (Wildman–Crippen MR) is 143 cm³/mol. The average Bonchev–Trinajstić information content (AvgIpc) is 3.53. The SMILES string of the molecule is C=C(Nc1cncc(-c2ccc3[nH]nc(-c4cc5c(-c6ccncc6)nccc5[nH]4)c3n2)c1)C(C)C. The quantitative estimate of drug-likeness (QED) is 0.266. The number of aromatic nitrogens is 7. The van der Waals surface area contributed by atoms with Crippen LogP contribution in [-0.4, -0.2) is 35.1 Å². The Morgan fingerprint density at radius 2 is 1.75 bits per heavy atom. The van der Waals surface area contributed by atoms with Crippen LogP contribution in [0.4, 0.5) is 5.69 Å². The molecule has 0 saturated heterocycles. The topological polar surface area (TPSA) is 108 Å². The summed E-state index contributed by atoms with van der Waals surface area (Å²) < 4.78 is 0. The van der Waals surface area contributed by atoms with Crippen molar-refractivity contribution in [2.45, 2.75) is 13.8 Å². The second-order valence-electron chi connectivity index (χ2n) is 8.97. The van der Waals surface area contributed by atoms with Crippen molar-refractivity contribution in [3.05, 3.63) is 85.7 Å². The van der Waals surface area contributed by atoms with Crippen molar-refractivity contribution in [2.24, 2.45) is 5.92 Å². The van der Waals surface area contributed by atoms with E-state index in [2.05, 4.69) is 61.9 Å². The van der Waals surface area contributed by atoms with Crippen LogP contribution in [0.5, 0.6) is 0 Å². The highest BCUT2D eigenvalue weighted by Crippen LogP contribution is 2.33. The van der Waals surface area contributed by atoms with Crippen LogP contribution in [0.25, 0.3) is 55.8 Å². The number of aromatic amines is 2. The van der Waals surface area contributed by atoms with Crippen LogP contribution in [0, 0.1) is 5.92 Å². The highest BCUT2D eigenvalue weighted by atomic mass is 15.1. The average molecular weight is 473 g/mol. The molecule has 0 aromatic carbocycles. The van der Waals surface area contributed by atoms with Crippen molar-refractivity contribution >= 4 is 27.6 Å². The molecular formula is C28H24N8. The molecule has 6 rings (SSSR count). The molecule has 8 heteroatoms. The van der Waals surface area contributed by atoms with E-state index in [-0.39, 0.29) is 0 Å². The summed E-state index contributed by atoms with van der Waals surface area (Å²) in [5.41, 5.74) is 9.67. The monoisotopic (exact) mass is 472 g/mol. The molecule has 0 fully saturated rings. The molecule has 6 aromatic heterocycles. The summed E-state index contributed by atoms with van der Waals surface area (Å²) >= 11 is 0. The third kappa shape index (κ3) is 3.88. The molecule has 3 N–H and O–H groups in total. The highest BCUT2D eigenvalue weighted by molar-refractivity contribution is 5.99. The number of allylic oxidation sites excluding steroid dienone is 1. The number of H-pyrrole nitrogens is 2. The predicted octanol–water partition coefficient (Wildman–Crippen LogP) is 6.21. The molecule has 176 valence electrons. The van der Waals surface area contributed by atoms with E-state index in [1.54, 1.807) is 24.8 Å². The van der Waals surface area contributed by atoms with Gasteiger partial charge < -0.3 is 10.3 Å². The van der Waals surface area contributed by atoms with Gasteiger partial charge in [0.05, 0.1) is 34.5 Å². The second-order valence-corrected chi connectivity index (χ2v) is 8.97. The first kappa shape index (κ1) is 21.7. The van der Waals surface area contributed by atoms with Gasteiger partial charge in [-0.2, -0.15) is 5.10 Å². The van der Waals surface area contributed by atoms with E-state index in [0.29, 0.717) is 5.92 Å². The van der Waals surface area contributed by atoms with Crippen molar-refractivity contribution in [3.63, 3.8) is 0 Å². The molecule has 0 amide bonds. The van der Waals surface area contributed by atoms with Gasteiger partial charge in [0.25, 0.3) is 0 Å². The number of nitrogens with zero attached hydrogens (tertiary/aromatic N) is 5. The Morgan fingerprint density at radius 3 is 2.58 bits per heavy atom. The molecule has 0 spiro atoms. The molecule has 36 heavy (non-hydrogen) atoms. The summed E-state index contributed by atoms with van der Waals surface area (Å²) in [5, 5.41) is 12.0. The van der Waals surface area contributed by atoms with Gasteiger partial charge in [-0.15, -0.1) is 0 Å². The van der Waals surface area contributed by atoms with Gasteiger partial charge in [-0.05, 0) is 48.4 Å². The Kier molecular flexibility index (Phi) is 5.26. The van der Waals surface area contributed by atoms with Crippen molar-refractivity contribution in [1.82, 2.24) is 35.1 Å². The number of anilines is 1. The van der Waals surface area contributed by atoms with E-state index in [1.165, 1.54) is 0 Å². The fourth-order valence-corrected chi connectivity index (χ4v) is 4.15. The molecule has 6 aromatic rings. The summed E-state index contributed by atoms with van der Waals surface area (Å²) in [6.07, 6.45) is 8.95. The largest absolute Gasteiger partial charge is 0.358 e. The first-order chi connectivity index (χ1) is 17.6. The molecule has 0 radical (unpaired) electrons. The van der Waals surface area contributed by atoms with Crippen molar-refractivity contribution in [2.75, 3.05) is 5.32 Å². The van der Waals surface area contributed by atoms with Crippen LogP contribution in [0.3, 0.4) is 0 Å². The molecule has 8 nitrogen and oxygen atoms in total. The third-order valence-electron chi connectivity index (χ3n) is 6.20. The minimum atomic E-state index is 0.321. The number of hydrogen-bond acceptors (Lipinski definition) is 6. The zero-order valence-electron chi connectivity index (χ0n) is 19.9. The molecule has 0 aliphatic carbocycles. The molecule has 0 aliphatic heterocycles. The Morgan fingerprint density at radius 1 is 0.889 bits per heavy atom. The van der Waals surface area contributed by atoms with Crippen molar-refractivity contribution in [3.8, 4) is 33.9 Å². The Bertz CT molecular complexity index is 1710. The fraction of sp³-hybridized carbons (Fsp3) is 0.107. The van der Waals surface area contributed by atoms with Gasteiger partial charge in [0.1, 0.15) is 11.2 Å². The lowest BCUT2D eigenvalue weighted by molar-refractivity contribution is 0.778. The molecule has 6 heterocycles. The summed E-state index contributed by atoms with van der Waals surface area (Å²) in [6.45, 7) is 8.30. The van der Waals surface area contributed by atoms with E-state index in [1.807, 2.05) is 42.6 Å². The van der Waals surface area contributed by atoms with Crippen LogP contribution in [0.1, 0.15) is 13.8 Å². The second kappa shape index (κ2) is 8.74. The van der Waals surface area contributed by atoms with Gasteiger partial charge in [0.2, 0.25) is 0 Å². The van der Waals surface area contributed by atoms with E-state index in [0.717, 1.165) is 67.2 Å². The first-order valence-electron chi connectivity index (χ1n) is 11.7. The van der Waals surface area contributed by atoms with E-state index in [9.17, 15) is 0 Å². The number of nitrogens with one attached hydrogen (secondary N) is 3. The normalized spacial score (nSPS) is 11.4. The molecule has 0 aliphatic rings. The lowest BCUT2D eigenvalue weighted by atomic mass is 10.1. The van der Waals surface area contributed by atoms with Crippen molar-refractivity contribution in [1.29, 1.82) is 0 Å². The lowest BCUT2D eigenvalue weighted by Crippen LogP contribution is -2.04. The number of fused-ring (bicyclic) bond motifs is 2. The van der Waals surface area contributed by atoms with Crippen LogP contribution in [0.2, 0.25) is 0 Å². The fourth-order valence-electron chi connectivity index (χ4n) is 4.15. The van der Waals surface area contributed by atoms with Crippen LogP contribution in [0.15, 0.2) is 85.7 Å². The number of hydrogen-bond donors (Lipinski definition) is 3. The maximum Gasteiger partial charge on any atom is 0.135 e. The first-order valence-corrected chi connectivity index (χ1v) is 11.7. The van der Waals surface area contributed by atoms with E-state index < -0.39 is 0 Å². The Hall–Kier alpha value is -4.85. The minimum Gasteiger partial charge on any atom is -0.358 e. The number of pyridine rings is 4. The maximum absolute atomic E-state index is 4.96. The third-order valence-corrected chi connectivity index (χ3v) is 6.20. The molecular weight excluding hydrogens is 448 g/mol. The van der Waals surface area contributed by atoms with Gasteiger partial charge in [-0.3, -0.25) is 20.1 Å². The molecule has 0 bridgehead atoms. The maximum atomic E-state index is 4.96. The summed E-state index contributed by atoms with van der Waals surface area (Å²) in [6, 6.07) is 14.0. The van der Waals surface area contributed by atoms with Crippen LogP contribution < -0.4 is 5.32 Å². The summed E-state index contributed by atoms with van der Waals surface area (Å²) in [4.78, 5) is 21.6. The molecule has 0 atom stereocenters. The summed E-state index contributed by atoms with van der Waals surface area (Å²) in [5.74, 6) is 0.321. The van der Waals surface area contributed by atoms with Gasteiger partial charge >= 0.3 is 0 Å². The van der Waals surface area contributed by atoms with Crippen LogP contribution in [-0.2, 0) is 0 Å². The Balaban J connectivity index is 1.41. The van der Waals surface area contributed by atoms with Gasteiger partial charge in [-0.25, -0.2) is 4.98 Å². The zero-order chi connectivity index (χ0) is 24.6. The van der Waals surface area contributed by atoms with E-state index in [4.69, 9.17) is 4.98 Å². The van der Waals surface area contributed by atoms with E-state index >= 15 is 0 Å². The van der Waals surface area contributed by atoms with Crippen LogP contribution >= 0.6 is 0 Å². The highest BCUT2D eigenvalue weighted by Gasteiger charge is 2.16. The lowest BCUT2D eigenvalue weighted by Gasteiger charge is -2.13. The minimum absolute atomic E-state index is 0.321. The zero-order valence-corrected chi connectivity index (χ0v) is 19.9. The summed E-state index contributed by atoms with van der Waals surface area (Å²) in [7, 11) is 0. The van der Waals surface area contributed by atoms with Crippen molar-refractivity contribution < 1.29 is 0 Å². The smallest absolute Gasteiger partial charge is 0.135 e. The van der Waals surface area contributed by atoms with Gasteiger partial charge in [0.15, 0.2) is 0 Å². The molecule has 0 unspecified atom stereocenters. The number of rotatable bonds is 6.